The van der Waals surface area contributed by atoms with Crippen LogP contribution >= 0.6 is 10.7 Å². The number of hydrogen-bond acceptors (Lipinski definition) is 4. The number of likely N-dealkylation sites (N-methyl/N-ethyl adjacent to an activating group) is 1. The molecule has 0 aliphatic rings. The number of aromatic nitrogens is 2. The topological polar surface area (TPSA) is 72.3 Å². The van der Waals surface area contributed by atoms with E-state index in [4.69, 9.17) is 10.7 Å². The van der Waals surface area contributed by atoms with Crippen molar-refractivity contribution in [2.24, 2.45) is 0 Å². The van der Waals surface area contributed by atoms with Crippen LogP contribution in [0.2, 0.25) is 0 Å². The lowest BCUT2D eigenvalue weighted by atomic mass is 10.5. The van der Waals surface area contributed by atoms with Crippen LogP contribution < -0.4 is 0 Å². The first-order chi connectivity index (χ1) is 7.34. The predicted octanol–water partition coefficient (Wildman–Crippen LogP) is 0.289. The number of amides is 1. The van der Waals surface area contributed by atoms with Crippen LogP contribution in [0.1, 0.15) is 6.92 Å². The van der Waals surface area contributed by atoms with E-state index in [9.17, 15) is 13.2 Å². The van der Waals surface area contributed by atoms with E-state index in [1.54, 1.807) is 7.05 Å². The third-order valence-corrected chi connectivity index (χ3v) is 3.26. The molecule has 0 bridgehead atoms. The number of hydrogen-bond donors (Lipinski definition) is 0. The highest BCUT2D eigenvalue weighted by molar-refractivity contribution is 8.13. The molecule has 0 atom stereocenters. The zero-order valence-corrected chi connectivity index (χ0v) is 10.5. The zero-order valence-electron chi connectivity index (χ0n) is 8.92. The predicted molar refractivity (Wildman–Crippen MR) is 58.6 cm³/mol. The molecular weight excluding hydrogens is 254 g/mol. The molecule has 0 spiro atoms. The summed E-state index contributed by atoms with van der Waals surface area (Å²) in [6.45, 7) is 2.48. The summed E-state index contributed by atoms with van der Waals surface area (Å²) in [5.41, 5.74) is 0. The lowest BCUT2D eigenvalue weighted by molar-refractivity contribution is -0.130. The highest BCUT2D eigenvalue weighted by Crippen LogP contribution is 2.11. The van der Waals surface area contributed by atoms with Gasteiger partial charge in [0.15, 0.2) is 5.03 Å². The minimum atomic E-state index is -3.83. The Kier molecular flexibility index (Phi) is 3.93. The van der Waals surface area contributed by atoms with Crippen molar-refractivity contribution in [3.8, 4) is 0 Å². The average molecular weight is 266 g/mol. The van der Waals surface area contributed by atoms with Crippen molar-refractivity contribution in [3.05, 3.63) is 12.5 Å². The molecule has 0 saturated heterocycles. The Balaban J connectivity index is 2.77. The molecule has 0 aliphatic heterocycles. The maximum Gasteiger partial charge on any atom is 0.280 e. The Bertz CT molecular complexity index is 482. The summed E-state index contributed by atoms with van der Waals surface area (Å²) in [5, 5.41) is -0.249. The maximum absolute atomic E-state index is 11.5. The molecule has 1 heterocycles. The molecule has 0 fully saturated rings. The Hall–Kier alpha value is -1.08. The minimum Gasteiger partial charge on any atom is -0.344 e. The van der Waals surface area contributed by atoms with Crippen molar-refractivity contribution < 1.29 is 13.2 Å². The highest BCUT2D eigenvalue weighted by Gasteiger charge is 2.15. The molecule has 6 nitrogen and oxygen atoms in total. The number of carbonyl (C=O) groups excluding carboxylic acids is 1. The van der Waals surface area contributed by atoms with Crippen molar-refractivity contribution in [1.29, 1.82) is 0 Å². The maximum atomic E-state index is 11.5. The van der Waals surface area contributed by atoms with Crippen LogP contribution in [0.3, 0.4) is 0 Å². The van der Waals surface area contributed by atoms with Crippen molar-refractivity contribution in [2.75, 3.05) is 13.6 Å². The van der Waals surface area contributed by atoms with Crippen LogP contribution in [0.4, 0.5) is 0 Å². The quantitative estimate of drug-likeness (QED) is 0.734. The molecular formula is C8H12ClN3O3S. The number of halogens is 1. The van der Waals surface area contributed by atoms with E-state index in [2.05, 4.69) is 4.98 Å². The average Bonchev–Trinajstić information content (AvgIpc) is 2.64. The Morgan fingerprint density at radius 1 is 1.62 bits per heavy atom. The largest absolute Gasteiger partial charge is 0.344 e. The van der Waals surface area contributed by atoms with E-state index >= 15 is 0 Å². The Morgan fingerprint density at radius 2 is 2.25 bits per heavy atom. The molecule has 16 heavy (non-hydrogen) atoms. The van der Waals surface area contributed by atoms with Gasteiger partial charge in [-0.25, -0.2) is 13.4 Å². The first-order valence-corrected chi connectivity index (χ1v) is 6.86. The Labute approximate surface area is 98.2 Å². The van der Waals surface area contributed by atoms with Crippen molar-refractivity contribution >= 4 is 25.6 Å². The van der Waals surface area contributed by atoms with E-state index in [1.165, 1.54) is 22.0 Å². The van der Waals surface area contributed by atoms with Gasteiger partial charge in [0.2, 0.25) is 5.91 Å². The summed E-state index contributed by atoms with van der Waals surface area (Å²) in [5.74, 6) is -0.126. The fourth-order valence-corrected chi connectivity index (χ4v) is 1.68. The van der Waals surface area contributed by atoms with E-state index < -0.39 is 9.05 Å². The molecule has 0 unspecified atom stereocenters. The summed E-state index contributed by atoms with van der Waals surface area (Å²) in [4.78, 5) is 16.6. The van der Waals surface area contributed by atoms with Gasteiger partial charge in [-0.05, 0) is 6.92 Å². The second-order valence-corrected chi connectivity index (χ2v) is 5.74. The lowest BCUT2D eigenvalue weighted by Gasteiger charge is -2.14. The van der Waals surface area contributed by atoms with Gasteiger partial charge in [-0.1, -0.05) is 0 Å². The molecule has 1 aromatic rings. The van der Waals surface area contributed by atoms with Crippen LogP contribution in [0.25, 0.3) is 0 Å². The second-order valence-electron chi connectivity index (χ2n) is 3.23. The van der Waals surface area contributed by atoms with E-state index in [1.807, 2.05) is 6.92 Å². The highest BCUT2D eigenvalue weighted by atomic mass is 35.7. The van der Waals surface area contributed by atoms with Gasteiger partial charge in [0.1, 0.15) is 6.54 Å². The summed E-state index contributed by atoms with van der Waals surface area (Å²) in [6, 6.07) is 0. The van der Waals surface area contributed by atoms with E-state index in [0.717, 1.165) is 0 Å². The van der Waals surface area contributed by atoms with Crippen LogP contribution in [0, 0.1) is 0 Å². The van der Waals surface area contributed by atoms with Crippen LogP contribution in [-0.2, 0) is 20.4 Å². The molecule has 90 valence electrons. The molecule has 0 N–H and O–H groups in total. The molecule has 0 radical (unpaired) electrons. The molecule has 0 aromatic carbocycles. The SMILES string of the molecule is CCN(C)C(=O)Cn1cnc(S(=O)(=O)Cl)c1. The number of carbonyl (C=O) groups is 1. The third-order valence-electron chi connectivity index (χ3n) is 2.08. The van der Waals surface area contributed by atoms with Gasteiger partial charge in [0.05, 0.1) is 6.33 Å². The third kappa shape index (κ3) is 3.21. The molecule has 8 heteroatoms. The molecule has 1 amide bonds. The van der Waals surface area contributed by atoms with Gasteiger partial charge in [0.25, 0.3) is 9.05 Å². The lowest BCUT2D eigenvalue weighted by Crippen LogP contribution is -2.29. The summed E-state index contributed by atoms with van der Waals surface area (Å²) in [6.07, 6.45) is 2.49. The molecule has 0 aliphatic carbocycles. The zero-order chi connectivity index (χ0) is 12.3. The van der Waals surface area contributed by atoms with Crippen molar-refractivity contribution in [2.45, 2.75) is 18.5 Å². The van der Waals surface area contributed by atoms with Gasteiger partial charge in [-0.3, -0.25) is 4.79 Å². The molecule has 1 rings (SSSR count). The molecule has 1 aromatic heterocycles. The van der Waals surface area contributed by atoms with Gasteiger partial charge in [0, 0.05) is 30.5 Å². The smallest absolute Gasteiger partial charge is 0.280 e. The number of rotatable bonds is 4. The Morgan fingerprint density at radius 3 is 2.69 bits per heavy atom. The first-order valence-electron chi connectivity index (χ1n) is 4.55. The second kappa shape index (κ2) is 4.84. The van der Waals surface area contributed by atoms with Gasteiger partial charge in [-0.15, -0.1) is 0 Å². The van der Waals surface area contributed by atoms with Crippen molar-refractivity contribution in [1.82, 2.24) is 14.5 Å². The number of imidazole rings is 1. The van der Waals surface area contributed by atoms with Crippen LogP contribution in [-0.4, -0.2) is 42.4 Å². The van der Waals surface area contributed by atoms with Gasteiger partial charge >= 0.3 is 0 Å². The summed E-state index contributed by atoms with van der Waals surface area (Å²) in [7, 11) is 2.94. The monoisotopic (exact) mass is 265 g/mol. The fraction of sp³-hybridized carbons (Fsp3) is 0.500. The first kappa shape index (κ1) is 13.0. The van der Waals surface area contributed by atoms with E-state index in [0.29, 0.717) is 6.54 Å². The summed E-state index contributed by atoms with van der Waals surface area (Å²) < 4.78 is 23.2. The summed E-state index contributed by atoms with van der Waals surface area (Å²) >= 11 is 0. The molecule has 0 saturated carbocycles. The van der Waals surface area contributed by atoms with E-state index in [-0.39, 0.29) is 17.5 Å². The number of nitrogens with zero attached hydrogens (tertiary/aromatic N) is 3. The van der Waals surface area contributed by atoms with Gasteiger partial charge < -0.3 is 9.47 Å². The van der Waals surface area contributed by atoms with Gasteiger partial charge in [-0.2, -0.15) is 0 Å². The fourth-order valence-electron chi connectivity index (χ4n) is 1.01. The minimum absolute atomic E-state index is 0.0454. The standard InChI is InChI=1S/C8H12ClN3O3S/c1-3-11(2)8(13)5-12-4-7(10-6-12)16(9,14)15/h4,6H,3,5H2,1-2H3. The normalized spacial score (nSPS) is 11.4. The van der Waals surface area contributed by atoms with Crippen LogP contribution in [0.5, 0.6) is 0 Å². The van der Waals surface area contributed by atoms with Crippen molar-refractivity contribution in [3.63, 3.8) is 0 Å². The van der Waals surface area contributed by atoms with Crippen LogP contribution in [0.15, 0.2) is 17.6 Å².